The van der Waals surface area contributed by atoms with Crippen LogP contribution in [0, 0.1) is 0 Å². The van der Waals surface area contributed by atoms with E-state index in [-0.39, 0.29) is 0 Å². The Kier molecular flexibility index (Phi) is 3.94. The lowest BCUT2D eigenvalue weighted by Crippen LogP contribution is -2.15. The van der Waals surface area contributed by atoms with Gasteiger partial charge in [-0.3, -0.25) is 4.72 Å². The van der Waals surface area contributed by atoms with E-state index in [4.69, 9.17) is 0 Å². The first-order valence-corrected chi connectivity index (χ1v) is 9.37. The van der Waals surface area contributed by atoms with Crippen molar-refractivity contribution < 1.29 is 8.42 Å². The van der Waals surface area contributed by atoms with Gasteiger partial charge in [-0.25, -0.2) is 13.4 Å². The van der Waals surface area contributed by atoms with E-state index in [1.807, 2.05) is 24.3 Å². The molecule has 2 aromatic heterocycles. The average Bonchev–Trinajstić information content (AvgIpc) is 3.05. The van der Waals surface area contributed by atoms with Gasteiger partial charge in [-0.1, -0.05) is 18.2 Å². The summed E-state index contributed by atoms with van der Waals surface area (Å²) in [6, 6.07) is 7.52. The van der Waals surface area contributed by atoms with Gasteiger partial charge in [-0.2, -0.15) is 0 Å². The van der Waals surface area contributed by atoms with E-state index in [9.17, 15) is 8.42 Å². The first-order chi connectivity index (χ1) is 10.1. The summed E-state index contributed by atoms with van der Waals surface area (Å²) in [5.41, 5.74) is 0. The third kappa shape index (κ3) is 2.80. The highest BCUT2D eigenvalue weighted by Crippen LogP contribution is 2.35. The van der Waals surface area contributed by atoms with Crippen LogP contribution in [-0.2, 0) is 16.6 Å². The Morgan fingerprint density at radius 3 is 2.81 bits per heavy atom. The minimum absolute atomic E-state index is 0.340. The lowest BCUT2D eigenvalue weighted by Gasteiger charge is -2.07. The number of hydrogen-bond donors (Lipinski definition) is 2. The Bertz CT molecular complexity index is 854. The summed E-state index contributed by atoms with van der Waals surface area (Å²) in [5.74, 6) is 0. The van der Waals surface area contributed by atoms with Crippen molar-refractivity contribution in [3.05, 3.63) is 40.7 Å². The van der Waals surface area contributed by atoms with Crippen LogP contribution in [0.25, 0.3) is 10.1 Å². The fourth-order valence-electron chi connectivity index (χ4n) is 2.08. The zero-order valence-electron chi connectivity index (χ0n) is 11.2. The first kappa shape index (κ1) is 14.5. The van der Waals surface area contributed by atoms with Crippen LogP contribution in [0.3, 0.4) is 0 Å². The molecule has 0 fully saturated rings. The van der Waals surface area contributed by atoms with E-state index in [0.717, 1.165) is 15.0 Å². The summed E-state index contributed by atoms with van der Waals surface area (Å²) >= 11 is 2.75. The van der Waals surface area contributed by atoms with E-state index in [1.54, 1.807) is 18.6 Å². The summed E-state index contributed by atoms with van der Waals surface area (Å²) < 4.78 is 28.9. The number of thiazole rings is 1. The molecule has 8 heteroatoms. The second-order valence-electron chi connectivity index (χ2n) is 4.32. The molecular weight excluding hydrogens is 326 g/mol. The third-order valence-corrected chi connectivity index (χ3v) is 6.46. The highest BCUT2D eigenvalue weighted by Gasteiger charge is 2.24. The molecule has 2 heterocycles. The van der Waals surface area contributed by atoms with Gasteiger partial charge in [0.15, 0.2) is 5.13 Å². The SMILES string of the molecule is CNCc1sc2ccccc2c1S(=O)(=O)Nc1nccs1. The molecule has 0 aliphatic heterocycles. The largest absolute Gasteiger partial charge is 0.315 e. The molecule has 3 rings (SSSR count). The second-order valence-corrected chi connectivity index (χ2v) is 7.97. The average molecular weight is 339 g/mol. The maximum atomic E-state index is 12.7. The lowest BCUT2D eigenvalue weighted by atomic mass is 10.2. The zero-order chi connectivity index (χ0) is 14.9. The van der Waals surface area contributed by atoms with Crippen LogP contribution in [0.2, 0.25) is 0 Å². The Morgan fingerprint density at radius 1 is 1.29 bits per heavy atom. The van der Waals surface area contributed by atoms with Gasteiger partial charge in [-0.15, -0.1) is 22.7 Å². The van der Waals surface area contributed by atoms with Crippen molar-refractivity contribution in [1.29, 1.82) is 0 Å². The summed E-state index contributed by atoms with van der Waals surface area (Å²) in [4.78, 5) is 5.12. The Morgan fingerprint density at radius 2 is 2.10 bits per heavy atom. The van der Waals surface area contributed by atoms with Crippen molar-refractivity contribution in [3.8, 4) is 0 Å². The van der Waals surface area contributed by atoms with Crippen molar-refractivity contribution >= 4 is 47.9 Å². The second kappa shape index (κ2) is 5.72. The van der Waals surface area contributed by atoms with Gasteiger partial charge in [0, 0.05) is 33.1 Å². The standard InChI is InChI=1S/C13H13N3O2S3/c1-14-8-11-12(9-4-2-3-5-10(9)20-11)21(17,18)16-13-15-6-7-19-13/h2-7,14H,8H2,1H3,(H,15,16). The van der Waals surface area contributed by atoms with Gasteiger partial charge in [0.1, 0.15) is 4.90 Å². The quantitative estimate of drug-likeness (QED) is 0.750. The van der Waals surface area contributed by atoms with Gasteiger partial charge in [0.05, 0.1) is 0 Å². The molecule has 0 atom stereocenters. The minimum atomic E-state index is -3.65. The molecule has 21 heavy (non-hydrogen) atoms. The fourth-order valence-corrected chi connectivity index (χ4v) is 5.83. The molecule has 0 unspecified atom stereocenters. The molecule has 5 nitrogen and oxygen atoms in total. The van der Waals surface area contributed by atoms with Gasteiger partial charge in [0.25, 0.3) is 10.0 Å². The van der Waals surface area contributed by atoms with Gasteiger partial charge in [0.2, 0.25) is 0 Å². The first-order valence-electron chi connectivity index (χ1n) is 6.19. The topological polar surface area (TPSA) is 71.1 Å². The molecule has 0 radical (unpaired) electrons. The van der Waals surface area contributed by atoms with Crippen molar-refractivity contribution in [1.82, 2.24) is 10.3 Å². The molecular formula is C13H13N3O2S3. The van der Waals surface area contributed by atoms with Crippen LogP contribution in [0.15, 0.2) is 40.7 Å². The molecule has 1 aromatic carbocycles. The number of nitrogens with zero attached hydrogens (tertiary/aromatic N) is 1. The summed E-state index contributed by atoms with van der Waals surface area (Å²) in [7, 11) is -1.85. The lowest BCUT2D eigenvalue weighted by molar-refractivity contribution is 0.601. The predicted molar refractivity (Wildman–Crippen MR) is 87.5 cm³/mol. The van der Waals surface area contributed by atoms with Crippen LogP contribution in [0.5, 0.6) is 0 Å². The normalized spacial score (nSPS) is 11.9. The number of nitrogens with one attached hydrogen (secondary N) is 2. The number of aromatic nitrogens is 1. The van der Waals surface area contributed by atoms with Crippen LogP contribution >= 0.6 is 22.7 Å². The molecule has 2 N–H and O–H groups in total. The van der Waals surface area contributed by atoms with E-state index in [1.165, 1.54) is 22.7 Å². The maximum absolute atomic E-state index is 12.7. The van der Waals surface area contributed by atoms with Gasteiger partial charge >= 0.3 is 0 Å². The van der Waals surface area contributed by atoms with Crippen molar-refractivity contribution in [2.75, 3.05) is 11.8 Å². The highest BCUT2D eigenvalue weighted by molar-refractivity contribution is 7.93. The molecule has 0 saturated carbocycles. The fraction of sp³-hybridized carbons (Fsp3) is 0.154. The number of fused-ring (bicyclic) bond motifs is 1. The number of sulfonamides is 1. The van der Waals surface area contributed by atoms with Crippen LogP contribution < -0.4 is 10.0 Å². The number of hydrogen-bond acceptors (Lipinski definition) is 6. The van der Waals surface area contributed by atoms with Crippen LogP contribution in [0.1, 0.15) is 4.88 Å². The molecule has 0 saturated heterocycles. The third-order valence-electron chi connectivity index (χ3n) is 2.88. The minimum Gasteiger partial charge on any atom is -0.315 e. The van der Waals surface area contributed by atoms with E-state index in [0.29, 0.717) is 16.6 Å². The molecule has 110 valence electrons. The Labute approximate surface area is 130 Å². The molecule has 0 spiro atoms. The Hall–Kier alpha value is -1.48. The summed E-state index contributed by atoms with van der Waals surface area (Å²) in [6.45, 7) is 0.507. The van der Waals surface area contributed by atoms with Gasteiger partial charge < -0.3 is 5.32 Å². The number of thiophene rings is 1. The van der Waals surface area contributed by atoms with Crippen LogP contribution in [-0.4, -0.2) is 20.4 Å². The number of benzene rings is 1. The maximum Gasteiger partial charge on any atom is 0.265 e. The molecule has 3 aromatic rings. The number of anilines is 1. The van der Waals surface area contributed by atoms with Crippen molar-refractivity contribution in [2.24, 2.45) is 0 Å². The zero-order valence-corrected chi connectivity index (χ0v) is 13.6. The van der Waals surface area contributed by atoms with Gasteiger partial charge in [-0.05, 0) is 13.1 Å². The smallest absolute Gasteiger partial charge is 0.265 e. The van der Waals surface area contributed by atoms with Crippen molar-refractivity contribution in [3.63, 3.8) is 0 Å². The Balaban J connectivity index is 2.15. The highest BCUT2D eigenvalue weighted by atomic mass is 32.2. The predicted octanol–water partition coefficient (Wildman–Crippen LogP) is 2.88. The van der Waals surface area contributed by atoms with E-state index in [2.05, 4.69) is 15.0 Å². The van der Waals surface area contributed by atoms with E-state index < -0.39 is 10.0 Å². The molecule has 0 aliphatic carbocycles. The van der Waals surface area contributed by atoms with Crippen molar-refractivity contribution in [2.45, 2.75) is 11.4 Å². The monoisotopic (exact) mass is 339 g/mol. The molecule has 0 bridgehead atoms. The van der Waals surface area contributed by atoms with E-state index >= 15 is 0 Å². The summed E-state index contributed by atoms with van der Waals surface area (Å²) in [5, 5.41) is 5.88. The molecule has 0 amide bonds. The van der Waals surface area contributed by atoms with Crippen LogP contribution in [0.4, 0.5) is 5.13 Å². The number of rotatable bonds is 5. The summed E-state index contributed by atoms with van der Waals surface area (Å²) in [6.07, 6.45) is 1.57. The molecule has 0 aliphatic rings.